The molecule has 2 N–H and O–H groups in total. The van der Waals surface area contributed by atoms with Gasteiger partial charge in [-0.2, -0.15) is 5.10 Å². The number of hydrogen-bond acceptors (Lipinski definition) is 7. The predicted octanol–water partition coefficient (Wildman–Crippen LogP) is 4.24. The fraction of sp³-hybridized carbons (Fsp3) is 0.364. The Balaban J connectivity index is 1.33. The third kappa shape index (κ3) is 4.51. The lowest BCUT2D eigenvalue weighted by molar-refractivity contribution is 0.0916. The van der Waals surface area contributed by atoms with Crippen LogP contribution in [0.25, 0.3) is 0 Å². The smallest absolute Gasteiger partial charge is 0.410 e. The molecule has 0 radical (unpaired) electrons. The summed E-state index contributed by atoms with van der Waals surface area (Å²) in [6.07, 6.45) is 4.71. The van der Waals surface area contributed by atoms with Gasteiger partial charge in [0, 0.05) is 36.2 Å². The van der Waals surface area contributed by atoms with Crippen LogP contribution in [0.3, 0.4) is 0 Å². The van der Waals surface area contributed by atoms with E-state index in [9.17, 15) is 4.79 Å². The summed E-state index contributed by atoms with van der Waals surface area (Å²) in [7, 11) is 0. The van der Waals surface area contributed by atoms with Crippen LogP contribution >= 0.6 is 11.8 Å². The molecule has 31 heavy (non-hydrogen) atoms. The summed E-state index contributed by atoms with van der Waals surface area (Å²) in [5, 5.41) is 11.5. The lowest BCUT2D eigenvalue weighted by Gasteiger charge is -2.29. The molecule has 0 unspecified atom stereocenters. The average molecular weight is 437 g/mol. The number of anilines is 2. The number of fused-ring (bicyclic) bond motifs is 1. The van der Waals surface area contributed by atoms with Gasteiger partial charge in [0.1, 0.15) is 12.4 Å². The molecule has 1 saturated carbocycles. The fourth-order valence-electron chi connectivity index (χ4n) is 3.68. The van der Waals surface area contributed by atoms with Gasteiger partial charge in [0.25, 0.3) is 0 Å². The van der Waals surface area contributed by atoms with Crippen LogP contribution in [0.5, 0.6) is 0 Å². The number of rotatable bonds is 6. The van der Waals surface area contributed by atoms with E-state index >= 15 is 0 Å². The zero-order valence-corrected chi connectivity index (χ0v) is 18.1. The van der Waals surface area contributed by atoms with E-state index in [0.717, 1.165) is 28.3 Å². The summed E-state index contributed by atoms with van der Waals surface area (Å²) in [5.74, 6) is 2.03. The average Bonchev–Trinajstić information content (AvgIpc) is 3.56. The van der Waals surface area contributed by atoms with E-state index in [4.69, 9.17) is 4.74 Å². The van der Waals surface area contributed by atoms with E-state index in [0.29, 0.717) is 36.4 Å². The highest BCUT2D eigenvalue weighted by atomic mass is 32.2. The Hall–Kier alpha value is -3.07. The molecule has 0 bridgehead atoms. The minimum absolute atomic E-state index is 0.257. The third-order valence-corrected chi connectivity index (χ3v) is 6.09. The van der Waals surface area contributed by atoms with Crippen LogP contribution < -0.4 is 5.32 Å². The van der Waals surface area contributed by atoms with Crippen LogP contribution in [0.2, 0.25) is 0 Å². The molecule has 3 heterocycles. The molecule has 160 valence electrons. The number of benzene rings is 1. The SMILES string of the molecule is CSc1nc2c(c(Nc3cc(C4CC4)[nH]n3)n1)CN(C(=O)OCc1ccccc1)CC2. The summed E-state index contributed by atoms with van der Waals surface area (Å²) >= 11 is 1.50. The second-order valence-corrected chi connectivity index (χ2v) is 8.58. The van der Waals surface area contributed by atoms with Crippen molar-refractivity contribution in [1.82, 2.24) is 25.1 Å². The molecule has 0 saturated heterocycles. The monoisotopic (exact) mass is 436 g/mol. The van der Waals surface area contributed by atoms with E-state index in [1.165, 1.54) is 24.6 Å². The molecule has 1 aromatic carbocycles. The van der Waals surface area contributed by atoms with Gasteiger partial charge in [-0.05, 0) is 24.7 Å². The van der Waals surface area contributed by atoms with Crippen LogP contribution in [-0.4, -0.2) is 44.0 Å². The van der Waals surface area contributed by atoms with Gasteiger partial charge >= 0.3 is 6.09 Å². The van der Waals surface area contributed by atoms with Gasteiger partial charge in [0.05, 0.1) is 12.2 Å². The number of ether oxygens (including phenoxy) is 1. The summed E-state index contributed by atoms with van der Waals surface area (Å²) < 4.78 is 5.53. The Kier molecular flexibility index (Phi) is 5.50. The number of nitrogens with zero attached hydrogens (tertiary/aromatic N) is 4. The molecule has 1 aliphatic carbocycles. The second-order valence-electron chi connectivity index (χ2n) is 7.80. The normalized spacial score (nSPS) is 15.5. The summed E-state index contributed by atoms with van der Waals surface area (Å²) in [5.41, 5.74) is 4.00. The van der Waals surface area contributed by atoms with Crippen LogP contribution in [-0.2, 0) is 24.3 Å². The molecule has 5 rings (SSSR count). The van der Waals surface area contributed by atoms with Crippen molar-refractivity contribution in [2.45, 2.75) is 43.5 Å². The first-order chi connectivity index (χ1) is 15.2. The van der Waals surface area contributed by atoms with E-state index in [1.54, 1.807) is 4.90 Å². The minimum Gasteiger partial charge on any atom is -0.445 e. The van der Waals surface area contributed by atoms with Gasteiger partial charge in [-0.1, -0.05) is 42.1 Å². The van der Waals surface area contributed by atoms with Crippen LogP contribution in [0.15, 0.2) is 41.6 Å². The summed E-state index contributed by atoms with van der Waals surface area (Å²) in [6.45, 7) is 1.23. The number of hydrogen-bond donors (Lipinski definition) is 2. The van der Waals surface area contributed by atoms with E-state index in [1.807, 2.05) is 42.7 Å². The molecule has 1 fully saturated rings. The fourth-order valence-corrected chi connectivity index (χ4v) is 4.06. The molecular formula is C22H24N6O2S. The highest BCUT2D eigenvalue weighted by Gasteiger charge is 2.28. The van der Waals surface area contributed by atoms with Crippen molar-refractivity contribution in [1.29, 1.82) is 0 Å². The predicted molar refractivity (Wildman–Crippen MR) is 118 cm³/mol. The number of nitrogens with one attached hydrogen (secondary N) is 2. The lowest BCUT2D eigenvalue weighted by atomic mass is 10.1. The zero-order valence-electron chi connectivity index (χ0n) is 17.3. The third-order valence-electron chi connectivity index (χ3n) is 5.55. The van der Waals surface area contributed by atoms with Crippen molar-refractivity contribution in [3.63, 3.8) is 0 Å². The zero-order chi connectivity index (χ0) is 21.2. The Labute approximate surface area is 184 Å². The summed E-state index contributed by atoms with van der Waals surface area (Å²) in [4.78, 5) is 23.7. The van der Waals surface area contributed by atoms with E-state index < -0.39 is 0 Å². The Morgan fingerprint density at radius 2 is 2.13 bits per heavy atom. The van der Waals surface area contributed by atoms with Crippen molar-refractivity contribution in [3.8, 4) is 0 Å². The van der Waals surface area contributed by atoms with Gasteiger partial charge in [0.15, 0.2) is 11.0 Å². The second kappa shape index (κ2) is 8.58. The van der Waals surface area contributed by atoms with Gasteiger partial charge in [0.2, 0.25) is 0 Å². The van der Waals surface area contributed by atoms with Gasteiger partial charge in [-0.25, -0.2) is 14.8 Å². The van der Waals surface area contributed by atoms with Gasteiger partial charge in [-0.15, -0.1) is 0 Å². The molecule has 0 spiro atoms. The van der Waals surface area contributed by atoms with Crippen molar-refractivity contribution in [2.75, 3.05) is 18.1 Å². The Morgan fingerprint density at radius 1 is 1.29 bits per heavy atom. The molecule has 3 aromatic rings. The number of H-pyrrole nitrogens is 1. The molecule has 1 aliphatic heterocycles. The molecular weight excluding hydrogens is 412 g/mol. The minimum atomic E-state index is -0.329. The quantitative estimate of drug-likeness (QED) is 0.441. The number of thioether (sulfide) groups is 1. The summed E-state index contributed by atoms with van der Waals surface area (Å²) in [6, 6.07) is 11.7. The highest BCUT2D eigenvalue weighted by Crippen LogP contribution is 2.40. The number of amides is 1. The van der Waals surface area contributed by atoms with Gasteiger partial charge < -0.3 is 15.0 Å². The lowest BCUT2D eigenvalue weighted by Crippen LogP contribution is -2.37. The van der Waals surface area contributed by atoms with E-state index in [-0.39, 0.29) is 12.7 Å². The first-order valence-corrected chi connectivity index (χ1v) is 11.6. The molecule has 1 amide bonds. The first-order valence-electron chi connectivity index (χ1n) is 10.4. The number of carbonyl (C=O) groups excluding carboxylic acids is 1. The molecule has 2 aliphatic rings. The first kappa shape index (κ1) is 19.9. The van der Waals surface area contributed by atoms with E-state index in [2.05, 4.69) is 25.5 Å². The van der Waals surface area contributed by atoms with Crippen molar-refractivity contribution >= 4 is 29.5 Å². The van der Waals surface area contributed by atoms with Crippen molar-refractivity contribution in [3.05, 3.63) is 58.9 Å². The van der Waals surface area contributed by atoms with Crippen LogP contribution in [0.4, 0.5) is 16.4 Å². The molecule has 0 atom stereocenters. The maximum absolute atomic E-state index is 12.7. The number of aromatic nitrogens is 4. The standard InChI is InChI=1S/C22H24N6O2S/c1-31-21-23-17-9-10-28(22(29)30-13-14-5-3-2-4-6-14)12-16(17)20(25-21)24-19-11-18(26-27-19)15-7-8-15/h2-6,11,15H,7-10,12-13H2,1H3,(H2,23,24,25,26,27). The van der Waals surface area contributed by atoms with Crippen molar-refractivity contribution < 1.29 is 9.53 Å². The Morgan fingerprint density at radius 3 is 2.90 bits per heavy atom. The number of carbonyl (C=O) groups is 1. The molecule has 8 nitrogen and oxygen atoms in total. The van der Waals surface area contributed by atoms with Crippen molar-refractivity contribution in [2.24, 2.45) is 0 Å². The number of aromatic amines is 1. The topological polar surface area (TPSA) is 96.0 Å². The van der Waals surface area contributed by atoms with Crippen LogP contribution in [0, 0.1) is 0 Å². The highest BCUT2D eigenvalue weighted by molar-refractivity contribution is 7.98. The molecule has 9 heteroatoms. The van der Waals surface area contributed by atoms with Gasteiger partial charge in [-0.3, -0.25) is 5.10 Å². The maximum atomic E-state index is 12.7. The largest absolute Gasteiger partial charge is 0.445 e. The van der Waals surface area contributed by atoms with Crippen LogP contribution in [0.1, 0.15) is 41.3 Å². The molecule has 2 aromatic heterocycles. The Bertz CT molecular complexity index is 1080. The maximum Gasteiger partial charge on any atom is 0.410 e.